The van der Waals surface area contributed by atoms with Crippen molar-refractivity contribution in [3.63, 3.8) is 0 Å². The smallest absolute Gasteiger partial charge is 0.0329 e. The van der Waals surface area contributed by atoms with E-state index in [1.54, 1.807) is 0 Å². The zero-order valence-electron chi connectivity index (χ0n) is 9.91. The van der Waals surface area contributed by atoms with Gasteiger partial charge in [0.2, 0.25) is 0 Å². The van der Waals surface area contributed by atoms with Crippen molar-refractivity contribution in [2.75, 3.05) is 19.6 Å². The summed E-state index contributed by atoms with van der Waals surface area (Å²) in [4.78, 5) is 4.11. The van der Waals surface area contributed by atoms with Gasteiger partial charge in [-0.25, -0.2) is 0 Å². The Kier molecular flexibility index (Phi) is 2.78. The molecule has 3 heteroatoms. The van der Waals surface area contributed by atoms with E-state index in [-0.39, 0.29) is 0 Å². The van der Waals surface area contributed by atoms with Gasteiger partial charge >= 0.3 is 0 Å². The lowest BCUT2D eigenvalue weighted by Gasteiger charge is -2.41. The van der Waals surface area contributed by atoms with Crippen LogP contribution in [0.4, 0.5) is 0 Å². The molecular formula is C13H20N2S. The molecule has 1 aromatic rings. The topological polar surface area (TPSA) is 15.3 Å². The zero-order chi connectivity index (χ0) is 11.0. The van der Waals surface area contributed by atoms with Gasteiger partial charge in [0.25, 0.3) is 0 Å². The van der Waals surface area contributed by atoms with Gasteiger partial charge in [0.1, 0.15) is 0 Å². The van der Waals surface area contributed by atoms with E-state index in [4.69, 9.17) is 0 Å². The number of piperazine rings is 1. The minimum atomic E-state index is 0.384. The summed E-state index contributed by atoms with van der Waals surface area (Å²) >= 11 is 1.88. The maximum absolute atomic E-state index is 3.73. The average Bonchev–Trinajstić information content (AvgIpc) is 3.01. The molecule has 1 atom stereocenters. The summed E-state index contributed by atoms with van der Waals surface area (Å²) in [6.45, 7) is 7.11. The van der Waals surface area contributed by atoms with Gasteiger partial charge in [-0.05, 0) is 37.1 Å². The van der Waals surface area contributed by atoms with E-state index < -0.39 is 0 Å². The maximum Gasteiger partial charge on any atom is 0.0329 e. The molecular weight excluding hydrogens is 216 g/mol. The van der Waals surface area contributed by atoms with Crippen LogP contribution in [0, 0.1) is 5.92 Å². The third-order valence-corrected chi connectivity index (χ3v) is 4.81. The lowest BCUT2D eigenvalue weighted by atomic mass is 9.93. The minimum Gasteiger partial charge on any atom is -0.309 e. The standard InChI is InChI=1S/C13H20N2S/c1-13(11-4-5-11)10-15(7-6-14-13)9-12-3-2-8-16-12/h2-3,8,11,14H,4-7,9-10H2,1H3. The van der Waals surface area contributed by atoms with Crippen molar-refractivity contribution in [2.24, 2.45) is 5.92 Å². The van der Waals surface area contributed by atoms with E-state index in [0.717, 1.165) is 19.0 Å². The molecule has 0 spiro atoms. The second-order valence-electron chi connectivity index (χ2n) is 5.41. The zero-order valence-corrected chi connectivity index (χ0v) is 10.7. The number of hydrogen-bond donors (Lipinski definition) is 1. The molecule has 2 aliphatic rings. The fraction of sp³-hybridized carbons (Fsp3) is 0.692. The van der Waals surface area contributed by atoms with Crippen molar-refractivity contribution in [1.29, 1.82) is 0 Å². The third kappa shape index (κ3) is 2.17. The van der Waals surface area contributed by atoms with Crippen LogP contribution in [0.25, 0.3) is 0 Å². The summed E-state index contributed by atoms with van der Waals surface area (Å²) in [7, 11) is 0. The van der Waals surface area contributed by atoms with Crippen LogP contribution >= 0.6 is 11.3 Å². The molecule has 0 amide bonds. The predicted molar refractivity (Wildman–Crippen MR) is 68.7 cm³/mol. The summed E-state index contributed by atoms with van der Waals surface area (Å²) in [5.41, 5.74) is 0.384. The molecule has 0 bridgehead atoms. The minimum absolute atomic E-state index is 0.384. The Morgan fingerprint density at radius 2 is 2.44 bits per heavy atom. The molecule has 3 rings (SSSR count). The van der Waals surface area contributed by atoms with Gasteiger partial charge in [-0.3, -0.25) is 4.90 Å². The summed E-state index contributed by atoms with van der Waals surface area (Å²) < 4.78 is 0. The van der Waals surface area contributed by atoms with E-state index in [1.807, 2.05) is 11.3 Å². The summed E-state index contributed by atoms with van der Waals surface area (Å²) in [5, 5.41) is 5.91. The second-order valence-corrected chi connectivity index (χ2v) is 6.44. The predicted octanol–water partition coefficient (Wildman–Crippen LogP) is 2.32. The average molecular weight is 236 g/mol. The lowest BCUT2D eigenvalue weighted by molar-refractivity contribution is 0.122. The highest BCUT2D eigenvalue weighted by atomic mass is 32.1. The molecule has 1 aliphatic carbocycles. The van der Waals surface area contributed by atoms with Crippen LogP contribution in [0.1, 0.15) is 24.6 Å². The van der Waals surface area contributed by atoms with Gasteiger partial charge in [-0.15, -0.1) is 11.3 Å². The molecule has 1 saturated heterocycles. The van der Waals surface area contributed by atoms with Crippen LogP contribution in [0.5, 0.6) is 0 Å². The molecule has 1 aromatic heterocycles. The molecule has 16 heavy (non-hydrogen) atoms. The highest BCUT2D eigenvalue weighted by molar-refractivity contribution is 7.09. The van der Waals surface area contributed by atoms with Crippen molar-refractivity contribution in [2.45, 2.75) is 31.8 Å². The fourth-order valence-corrected chi connectivity index (χ4v) is 3.60. The summed E-state index contributed by atoms with van der Waals surface area (Å²) in [6, 6.07) is 4.41. The van der Waals surface area contributed by atoms with Gasteiger partial charge < -0.3 is 5.32 Å². The van der Waals surface area contributed by atoms with Crippen molar-refractivity contribution in [1.82, 2.24) is 10.2 Å². The maximum atomic E-state index is 3.73. The molecule has 0 aromatic carbocycles. The molecule has 0 radical (unpaired) electrons. The SMILES string of the molecule is CC1(C2CC2)CN(Cc2cccs2)CCN1. The number of hydrogen-bond acceptors (Lipinski definition) is 3. The molecule has 1 N–H and O–H groups in total. The summed E-state index contributed by atoms with van der Waals surface area (Å²) in [6.07, 6.45) is 2.85. The van der Waals surface area contributed by atoms with Gasteiger partial charge in [0.05, 0.1) is 0 Å². The first kappa shape index (κ1) is 10.8. The van der Waals surface area contributed by atoms with Crippen molar-refractivity contribution >= 4 is 11.3 Å². The summed E-state index contributed by atoms with van der Waals surface area (Å²) in [5.74, 6) is 0.929. The van der Waals surface area contributed by atoms with Gasteiger partial charge in [0, 0.05) is 36.6 Å². The third-order valence-electron chi connectivity index (χ3n) is 3.95. The van der Waals surface area contributed by atoms with E-state index in [2.05, 4.69) is 34.7 Å². The molecule has 2 fully saturated rings. The number of thiophene rings is 1. The highest BCUT2D eigenvalue weighted by Gasteiger charge is 2.43. The van der Waals surface area contributed by atoms with Gasteiger partial charge in [-0.2, -0.15) is 0 Å². The molecule has 88 valence electrons. The molecule has 2 heterocycles. The fourth-order valence-electron chi connectivity index (χ4n) is 2.85. The van der Waals surface area contributed by atoms with Gasteiger partial charge in [0.15, 0.2) is 0 Å². The number of nitrogens with one attached hydrogen (secondary N) is 1. The Hall–Kier alpha value is -0.380. The second kappa shape index (κ2) is 4.13. The van der Waals surface area contributed by atoms with Crippen LogP contribution in [0.15, 0.2) is 17.5 Å². The van der Waals surface area contributed by atoms with Crippen LogP contribution in [0.3, 0.4) is 0 Å². The highest BCUT2D eigenvalue weighted by Crippen LogP contribution is 2.40. The quantitative estimate of drug-likeness (QED) is 0.866. The first-order chi connectivity index (χ1) is 7.76. The van der Waals surface area contributed by atoms with Crippen molar-refractivity contribution in [3.05, 3.63) is 22.4 Å². The monoisotopic (exact) mass is 236 g/mol. The van der Waals surface area contributed by atoms with E-state index in [0.29, 0.717) is 5.54 Å². The van der Waals surface area contributed by atoms with Crippen molar-refractivity contribution in [3.8, 4) is 0 Å². The number of rotatable bonds is 3. The van der Waals surface area contributed by atoms with E-state index in [1.165, 1.54) is 30.8 Å². The lowest BCUT2D eigenvalue weighted by Crippen LogP contribution is -2.59. The molecule has 2 nitrogen and oxygen atoms in total. The largest absolute Gasteiger partial charge is 0.309 e. The normalized spacial score (nSPS) is 31.8. The van der Waals surface area contributed by atoms with Crippen LogP contribution in [-0.4, -0.2) is 30.1 Å². The molecule has 1 aliphatic heterocycles. The first-order valence-electron chi connectivity index (χ1n) is 6.26. The van der Waals surface area contributed by atoms with Crippen LogP contribution in [0.2, 0.25) is 0 Å². The van der Waals surface area contributed by atoms with Crippen LogP contribution < -0.4 is 5.32 Å². The molecule has 1 saturated carbocycles. The Morgan fingerprint density at radius 1 is 1.56 bits per heavy atom. The van der Waals surface area contributed by atoms with E-state index in [9.17, 15) is 0 Å². The first-order valence-corrected chi connectivity index (χ1v) is 7.14. The Morgan fingerprint density at radius 3 is 3.12 bits per heavy atom. The molecule has 1 unspecified atom stereocenters. The van der Waals surface area contributed by atoms with Crippen molar-refractivity contribution < 1.29 is 0 Å². The Bertz CT molecular complexity index is 345. The Labute approximate surface area is 102 Å². The Balaban J connectivity index is 1.63. The number of nitrogens with zero attached hydrogens (tertiary/aromatic N) is 1. The van der Waals surface area contributed by atoms with E-state index >= 15 is 0 Å². The van der Waals surface area contributed by atoms with Gasteiger partial charge in [-0.1, -0.05) is 6.07 Å². The van der Waals surface area contributed by atoms with Crippen LogP contribution in [-0.2, 0) is 6.54 Å².